The van der Waals surface area contributed by atoms with E-state index >= 15 is 0 Å². The number of β-lactam (4-membered cyclic amide) rings is 1. The highest BCUT2D eigenvalue weighted by Crippen LogP contribution is 2.50. The number of aliphatic carboxylic acids is 1. The molecule has 2 unspecified atom stereocenters. The highest BCUT2D eigenvalue weighted by atomic mass is 32.2. The molecule has 260 valence electrons. The van der Waals surface area contributed by atoms with E-state index in [-0.39, 0.29) is 15.4 Å². The van der Waals surface area contributed by atoms with Crippen molar-refractivity contribution in [2.45, 2.75) is 51.9 Å². The second kappa shape index (κ2) is 13.5. The molecule has 5 N–H and O–H groups in total. The number of carboxylic acid groups (broad SMARTS) is 1. The SMILES string of the molecule is CN(C)S(=O)(=O)c1cc(C(=N)NCC(=O)NC(C(=O)NC2C(=O)N3[C@@H]2SC(C)(C)[C@@H]3C(=O)O)c2ccccc2)cc(S(=O)(=O)N(C)C)c1. The molecule has 0 radical (unpaired) electrons. The molecule has 4 atom stereocenters. The van der Waals surface area contributed by atoms with Gasteiger partial charge < -0.3 is 26.0 Å². The lowest BCUT2D eigenvalue weighted by Gasteiger charge is -2.44. The van der Waals surface area contributed by atoms with Crippen LogP contribution in [0.3, 0.4) is 0 Å². The van der Waals surface area contributed by atoms with Crippen LogP contribution in [0.5, 0.6) is 0 Å². The molecule has 0 aliphatic carbocycles. The molecular weight excluding hydrogens is 687 g/mol. The number of hydrogen-bond acceptors (Lipinski definition) is 10. The van der Waals surface area contributed by atoms with E-state index in [1.807, 2.05) is 0 Å². The molecule has 4 rings (SSSR count). The summed E-state index contributed by atoms with van der Waals surface area (Å²) in [5.74, 6) is -3.65. The molecule has 16 nitrogen and oxygen atoms in total. The van der Waals surface area contributed by atoms with E-state index in [0.717, 1.165) is 26.8 Å². The fourth-order valence-corrected chi connectivity index (χ4v) is 8.89. The number of benzene rings is 2. The maximum Gasteiger partial charge on any atom is 0.327 e. The van der Waals surface area contributed by atoms with Gasteiger partial charge in [0.2, 0.25) is 37.8 Å². The van der Waals surface area contributed by atoms with Crippen LogP contribution in [0.4, 0.5) is 0 Å². The number of rotatable bonds is 12. The Morgan fingerprint density at radius 3 is 2.02 bits per heavy atom. The highest BCUT2D eigenvalue weighted by Gasteiger charge is 2.64. The summed E-state index contributed by atoms with van der Waals surface area (Å²) >= 11 is 1.25. The number of carbonyl (C=O) groups is 4. The van der Waals surface area contributed by atoms with E-state index in [1.54, 1.807) is 44.2 Å². The number of hydrogen-bond donors (Lipinski definition) is 5. The number of nitrogens with zero attached hydrogens (tertiary/aromatic N) is 3. The van der Waals surface area contributed by atoms with Gasteiger partial charge in [0.15, 0.2) is 0 Å². The van der Waals surface area contributed by atoms with Crippen LogP contribution in [-0.4, -0.2) is 122 Å². The van der Waals surface area contributed by atoms with Crippen LogP contribution in [0.1, 0.15) is 31.0 Å². The van der Waals surface area contributed by atoms with Crippen LogP contribution in [0.15, 0.2) is 58.3 Å². The van der Waals surface area contributed by atoms with Gasteiger partial charge in [0.25, 0.3) is 0 Å². The molecule has 2 aromatic rings. The van der Waals surface area contributed by atoms with Crippen LogP contribution in [0.25, 0.3) is 0 Å². The average molecular weight is 724 g/mol. The van der Waals surface area contributed by atoms with Gasteiger partial charge in [-0.3, -0.25) is 19.8 Å². The summed E-state index contributed by atoms with van der Waals surface area (Å²) in [4.78, 5) is 51.9. The molecule has 2 aromatic carbocycles. The topological polar surface area (TPSA) is 226 Å². The Morgan fingerprint density at radius 2 is 1.52 bits per heavy atom. The summed E-state index contributed by atoms with van der Waals surface area (Å²) in [5.41, 5.74) is 0.248. The minimum absolute atomic E-state index is 0.131. The largest absolute Gasteiger partial charge is 0.480 e. The van der Waals surface area contributed by atoms with Crippen LogP contribution in [-0.2, 0) is 39.2 Å². The maximum absolute atomic E-state index is 13.5. The van der Waals surface area contributed by atoms with Crippen molar-refractivity contribution < 1.29 is 41.1 Å². The molecule has 19 heteroatoms. The first-order valence-corrected chi connectivity index (χ1v) is 18.2. The minimum atomic E-state index is -4.11. The number of nitrogens with one attached hydrogen (secondary N) is 4. The summed E-state index contributed by atoms with van der Waals surface area (Å²) in [6.07, 6.45) is 0. The first-order chi connectivity index (χ1) is 22.2. The number of carboxylic acids is 1. The van der Waals surface area contributed by atoms with Crippen LogP contribution >= 0.6 is 11.8 Å². The number of fused-ring (bicyclic) bond motifs is 1. The lowest BCUT2D eigenvalue weighted by molar-refractivity contribution is -0.161. The standard InChI is InChI=1S/C29H37N7O9S3/c1-29(2)23(28(40)41)36-26(39)22(27(36)46-29)33-25(38)21(16-10-8-7-9-11-16)32-20(37)15-31-24(30)17-12-18(47(42,43)34(3)4)14-19(13-17)48(44,45)35(5)6/h7-14,21-23,27H,15H2,1-6H3,(H2,30,31)(H,32,37)(H,33,38)(H,40,41)/t21?,22?,23-,27+/m0/s1. The van der Waals surface area contributed by atoms with Gasteiger partial charge in [0.1, 0.15) is 29.3 Å². The molecule has 0 spiro atoms. The highest BCUT2D eigenvalue weighted by molar-refractivity contribution is 8.01. The molecule has 0 aromatic heterocycles. The van der Waals surface area contributed by atoms with Gasteiger partial charge in [-0.1, -0.05) is 30.3 Å². The van der Waals surface area contributed by atoms with Gasteiger partial charge in [0.05, 0.1) is 16.3 Å². The van der Waals surface area contributed by atoms with E-state index in [9.17, 15) is 41.1 Å². The fourth-order valence-electron chi connectivity index (χ4n) is 5.25. The third kappa shape index (κ3) is 7.05. The Balaban J connectivity index is 1.51. The summed E-state index contributed by atoms with van der Waals surface area (Å²) in [5, 5.41) is 25.3. The Hall–Kier alpha value is -4.04. The third-order valence-corrected chi connectivity index (χ3v) is 13.0. The van der Waals surface area contributed by atoms with Crippen molar-refractivity contribution in [2.75, 3.05) is 34.7 Å². The number of sulfonamides is 2. The molecule has 2 heterocycles. The molecule has 2 aliphatic heterocycles. The maximum atomic E-state index is 13.5. The Morgan fingerprint density at radius 1 is 0.979 bits per heavy atom. The van der Waals surface area contributed by atoms with Crippen molar-refractivity contribution in [3.8, 4) is 0 Å². The van der Waals surface area contributed by atoms with E-state index in [1.165, 1.54) is 44.9 Å². The van der Waals surface area contributed by atoms with Gasteiger partial charge in [-0.25, -0.2) is 30.2 Å². The molecule has 3 amide bonds. The van der Waals surface area contributed by atoms with Crippen LogP contribution < -0.4 is 16.0 Å². The summed E-state index contributed by atoms with van der Waals surface area (Å²) in [6.45, 7) is 2.84. The summed E-state index contributed by atoms with van der Waals surface area (Å²) < 4.78 is 52.5. The number of thioether (sulfide) groups is 1. The molecule has 2 saturated heterocycles. The predicted octanol–water partition coefficient (Wildman–Crippen LogP) is -0.409. The first-order valence-electron chi connectivity index (χ1n) is 14.4. The van der Waals surface area contributed by atoms with Crippen molar-refractivity contribution in [1.29, 1.82) is 5.41 Å². The van der Waals surface area contributed by atoms with E-state index in [4.69, 9.17) is 5.41 Å². The van der Waals surface area contributed by atoms with E-state index < -0.39 is 84.4 Å². The molecule has 48 heavy (non-hydrogen) atoms. The van der Waals surface area contributed by atoms with Gasteiger partial charge in [-0.05, 0) is 37.6 Å². The number of carbonyl (C=O) groups excluding carboxylic acids is 3. The van der Waals surface area contributed by atoms with E-state index in [2.05, 4.69) is 16.0 Å². The minimum Gasteiger partial charge on any atom is -0.480 e. The van der Waals surface area contributed by atoms with E-state index in [0.29, 0.717) is 5.56 Å². The van der Waals surface area contributed by atoms with Crippen molar-refractivity contribution in [3.05, 3.63) is 59.7 Å². The molecular formula is C29H37N7O9S3. The van der Waals surface area contributed by atoms with Crippen molar-refractivity contribution in [3.63, 3.8) is 0 Å². The Bertz CT molecular complexity index is 1810. The third-order valence-electron chi connectivity index (χ3n) is 7.82. The predicted molar refractivity (Wildman–Crippen MR) is 176 cm³/mol. The normalized spacial score (nSPS) is 20.9. The molecule has 0 saturated carbocycles. The Labute approximate surface area is 282 Å². The van der Waals surface area contributed by atoms with Crippen molar-refractivity contribution in [1.82, 2.24) is 29.5 Å². The second-order valence-corrected chi connectivity index (χ2v) is 18.1. The monoisotopic (exact) mass is 723 g/mol. The first kappa shape index (κ1) is 36.8. The average Bonchev–Trinajstić information content (AvgIpc) is 3.28. The molecule has 2 fully saturated rings. The van der Waals surface area contributed by atoms with Gasteiger partial charge in [-0.15, -0.1) is 11.8 Å². The zero-order chi connectivity index (χ0) is 35.9. The second-order valence-electron chi connectivity index (χ2n) is 12.0. The molecule has 0 bridgehead atoms. The van der Waals surface area contributed by atoms with Crippen molar-refractivity contribution >= 4 is 61.3 Å². The summed E-state index contributed by atoms with van der Waals surface area (Å²) in [6, 6.07) is 8.00. The fraction of sp³-hybridized carbons (Fsp3) is 0.414. The number of amidine groups is 1. The van der Waals surface area contributed by atoms with Gasteiger partial charge in [0, 0.05) is 38.5 Å². The zero-order valence-electron chi connectivity index (χ0n) is 26.9. The number of amides is 3. The van der Waals surface area contributed by atoms with Crippen LogP contribution in [0, 0.1) is 5.41 Å². The lowest BCUT2D eigenvalue weighted by Crippen LogP contribution is -2.71. The van der Waals surface area contributed by atoms with Gasteiger partial charge in [-0.2, -0.15) is 0 Å². The van der Waals surface area contributed by atoms with Crippen molar-refractivity contribution in [2.24, 2.45) is 0 Å². The molecule has 2 aliphatic rings. The zero-order valence-corrected chi connectivity index (χ0v) is 29.4. The quantitative estimate of drug-likeness (QED) is 0.108. The van der Waals surface area contributed by atoms with Gasteiger partial charge >= 0.3 is 5.97 Å². The Kier molecular flexibility index (Phi) is 10.3. The smallest absolute Gasteiger partial charge is 0.327 e. The van der Waals surface area contributed by atoms with Crippen LogP contribution in [0.2, 0.25) is 0 Å². The summed E-state index contributed by atoms with van der Waals surface area (Å²) in [7, 11) is -3.15. The lowest BCUT2D eigenvalue weighted by atomic mass is 9.95.